The molecule has 110 valence electrons. The van der Waals surface area contributed by atoms with Crippen LogP contribution in [0.4, 0.5) is 4.39 Å². The van der Waals surface area contributed by atoms with Crippen LogP contribution >= 0.6 is 0 Å². The second kappa shape index (κ2) is 5.71. The number of nitrogens with two attached hydrogens (primary N) is 1. The van der Waals surface area contributed by atoms with Crippen molar-refractivity contribution in [2.75, 3.05) is 13.2 Å². The number of hydrogen-bond donors (Lipinski definition) is 2. The van der Waals surface area contributed by atoms with Crippen molar-refractivity contribution >= 4 is 0 Å². The molecule has 21 heavy (non-hydrogen) atoms. The first-order valence-electron chi connectivity index (χ1n) is 6.81. The molecule has 1 heterocycles. The van der Waals surface area contributed by atoms with Gasteiger partial charge in [0.15, 0.2) is 11.5 Å². The number of nitrogens with one attached hydrogen (secondary N) is 1. The molecule has 0 aliphatic carbocycles. The Morgan fingerprint density at radius 3 is 2.62 bits per heavy atom. The minimum absolute atomic E-state index is 0.293. The summed E-state index contributed by atoms with van der Waals surface area (Å²) in [5.74, 6) is 6.71. The van der Waals surface area contributed by atoms with Crippen LogP contribution in [-0.2, 0) is 0 Å². The van der Waals surface area contributed by atoms with Gasteiger partial charge in [-0.15, -0.1) is 0 Å². The highest BCUT2D eigenvalue weighted by Gasteiger charge is 2.20. The van der Waals surface area contributed by atoms with E-state index < -0.39 is 6.04 Å². The Balaban J connectivity index is 2.01. The van der Waals surface area contributed by atoms with Crippen molar-refractivity contribution in [1.29, 1.82) is 0 Å². The zero-order chi connectivity index (χ0) is 14.8. The van der Waals surface area contributed by atoms with Crippen molar-refractivity contribution in [3.05, 3.63) is 58.9 Å². The van der Waals surface area contributed by atoms with Crippen LogP contribution in [0.5, 0.6) is 11.5 Å². The number of fused-ring (bicyclic) bond motifs is 1. The number of benzene rings is 2. The molecule has 0 saturated heterocycles. The summed E-state index contributed by atoms with van der Waals surface area (Å²) in [7, 11) is 0. The van der Waals surface area contributed by atoms with Gasteiger partial charge in [0, 0.05) is 5.56 Å². The van der Waals surface area contributed by atoms with Gasteiger partial charge in [-0.25, -0.2) is 9.82 Å². The highest BCUT2D eigenvalue weighted by Crippen LogP contribution is 2.34. The van der Waals surface area contributed by atoms with E-state index in [1.165, 1.54) is 6.07 Å². The van der Waals surface area contributed by atoms with Crippen LogP contribution in [0.1, 0.15) is 22.7 Å². The second-order valence-corrected chi connectivity index (χ2v) is 5.03. The first kappa shape index (κ1) is 13.9. The molecule has 1 unspecified atom stereocenters. The van der Waals surface area contributed by atoms with Gasteiger partial charge in [-0.2, -0.15) is 0 Å². The molecule has 4 nitrogen and oxygen atoms in total. The Morgan fingerprint density at radius 1 is 1.10 bits per heavy atom. The second-order valence-electron chi connectivity index (χ2n) is 5.03. The Hall–Kier alpha value is -2.11. The van der Waals surface area contributed by atoms with Gasteiger partial charge < -0.3 is 9.47 Å². The maximum atomic E-state index is 14.1. The predicted octanol–water partition coefficient (Wildman–Crippen LogP) is 2.46. The van der Waals surface area contributed by atoms with Crippen molar-refractivity contribution < 1.29 is 13.9 Å². The van der Waals surface area contributed by atoms with E-state index in [-0.39, 0.29) is 5.82 Å². The predicted molar refractivity (Wildman–Crippen MR) is 77.7 cm³/mol. The molecule has 2 aromatic rings. The number of hydrazine groups is 1. The topological polar surface area (TPSA) is 56.5 Å². The molecule has 5 heteroatoms. The van der Waals surface area contributed by atoms with Crippen molar-refractivity contribution in [3.8, 4) is 11.5 Å². The van der Waals surface area contributed by atoms with Gasteiger partial charge in [-0.05, 0) is 30.7 Å². The number of halogens is 1. The number of ether oxygens (including phenoxy) is 2. The lowest BCUT2D eigenvalue weighted by Crippen LogP contribution is -2.29. The van der Waals surface area contributed by atoms with E-state index in [0.29, 0.717) is 30.3 Å². The smallest absolute Gasteiger partial charge is 0.161 e. The minimum atomic E-state index is -0.444. The van der Waals surface area contributed by atoms with Crippen LogP contribution in [0.3, 0.4) is 0 Å². The summed E-state index contributed by atoms with van der Waals surface area (Å²) in [6.07, 6.45) is 0. The lowest BCUT2D eigenvalue weighted by atomic mass is 9.97. The van der Waals surface area contributed by atoms with Crippen LogP contribution in [0.2, 0.25) is 0 Å². The Labute approximate surface area is 122 Å². The normalized spacial score (nSPS) is 14.8. The fraction of sp³-hybridized carbons (Fsp3) is 0.250. The van der Waals surface area contributed by atoms with Crippen LogP contribution in [0.25, 0.3) is 0 Å². The fourth-order valence-electron chi connectivity index (χ4n) is 2.49. The first-order valence-corrected chi connectivity index (χ1v) is 6.81. The molecule has 0 saturated carbocycles. The zero-order valence-electron chi connectivity index (χ0n) is 11.7. The van der Waals surface area contributed by atoms with Crippen LogP contribution in [0, 0.1) is 12.7 Å². The molecule has 0 fully saturated rings. The third-order valence-corrected chi connectivity index (χ3v) is 3.53. The van der Waals surface area contributed by atoms with Gasteiger partial charge in [0.05, 0.1) is 6.04 Å². The summed E-state index contributed by atoms with van der Waals surface area (Å²) in [4.78, 5) is 0. The van der Waals surface area contributed by atoms with Gasteiger partial charge in [0.1, 0.15) is 19.0 Å². The molecule has 1 aliphatic heterocycles. The Bertz CT molecular complexity index is 661. The maximum Gasteiger partial charge on any atom is 0.161 e. The van der Waals surface area contributed by atoms with Crippen molar-refractivity contribution in [2.24, 2.45) is 5.84 Å². The standard InChI is InChI=1S/C16H17FN2O2/c1-10-2-4-13(17)12(8-10)16(19-18)11-3-5-14-15(9-11)21-7-6-20-14/h2-5,8-9,16,19H,6-7,18H2,1H3. The number of rotatable bonds is 3. The molecule has 0 spiro atoms. The molecule has 0 bridgehead atoms. The minimum Gasteiger partial charge on any atom is -0.486 e. The first-order chi connectivity index (χ1) is 10.2. The molecule has 2 aromatic carbocycles. The van der Waals surface area contributed by atoms with E-state index in [9.17, 15) is 4.39 Å². The molecule has 1 aliphatic rings. The highest BCUT2D eigenvalue weighted by atomic mass is 19.1. The van der Waals surface area contributed by atoms with Crippen molar-refractivity contribution in [2.45, 2.75) is 13.0 Å². The average molecular weight is 288 g/mol. The molecular formula is C16H17FN2O2. The Kier molecular flexibility index (Phi) is 3.77. The monoisotopic (exact) mass is 288 g/mol. The largest absolute Gasteiger partial charge is 0.486 e. The molecule has 1 atom stereocenters. The third kappa shape index (κ3) is 2.70. The molecule has 0 amide bonds. The SMILES string of the molecule is Cc1ccc(F)c(C(NN)c2ccc3c(c2)OCCO3)c1. The summed E-state index contributed by atoms with van der Waals surface area (Å²) in [5.41, 5.74) is 4.98. The molecule has 3 N–H and O–H groups in total. The molecular weight excluding hydrogens is 271 g/mol. The zero-order valence-corrected chi connectivity index (χ0v) is 11.7. The molecule has 0 radical (unpaired) electrons. The molecule has 3 rings (SSSR count). The number of aryl methyl sites for hydroxylation is 1. The summed E-state index contributed by atoms with van der Waals surface area (Å²) in [5, 5.41) is 0. The number of hydrogen-bond acceptors (Lipinski definition) is 4. The van der Waals surface area contributed by atoms with Crippen LogP contribution in [0.15, 0.2) is 36.4 Å². The lowest BCUT2D eigenvalue weighted by Gasteiger charge is -2.22. The summed E-state index contributed by atoms with van der Waals surface area (Å²) >= 11 is 0. The van der Waals surface area contributed by atoms with Crippen LogP contribution < -0.4 is 20.7 Å². The summed E-state index contributed by atoms with van der Waals surface area (Å²) in [6, 6.07) is 10.0. The van der Waals surface area contributed by atoms with Gasteiger partial charge in [0.25, 0.3) is 0 Å². The fourth-order valence-corrected chi connectivity index (χ4v) is 2.49. The summed E-state index contributed by atoms with van der Waals surface area (Å²) in [6.45, 7) is 2.97. The van der Waals surface area contributed by atoms with E-state index in [4.69, 9.17) is 15.3 Å². The highest BCUT2D eigenvalue weighted by molar-refractivity contribution is 5.47. The van der Waals surface area contributed by atoms with Gasteiger partial charge in [0.2, 0.25) is 0 Å². The third-order valence-electron chi connectivity index (χ3n) is 3.53. The summed E-state index contributed by atoms with van der Waals surface area (Å²) < 4.78 is 25.1. The van der Waals surface area contributed by atoms with E-state index >= 15 is 0 Å². The van der Waals surface area contributed by atoms with E-state index in [0.717, 1.165) is 11.1 Å². The van der Waals surface area contributed by atoms with Gasteiger partial charge in [-0.1, -0.05) is 23.8 Å². The average Bonchev–Trinajstić information content (AvgIpc) is 2.51. The molecule has 0 aromatic heterocycles. The van der Waals surface area contributed by atoms with E-state index in [2.05, 4.69) is 5.43 Å². The van der Waals surface area contributed by atoms with E-state index in [1.54, 1.807) is 12.1 Å². The Morgan fingerprint density at radius 2 is 1.86 bits per heavy atom. The van der Waals surface area contributed by atoms with Gasteiger partial charge >= 0.3 is 0 Å². The van der Waals surface area contributed by atoms with E-state index in [1.807, 2.05) is 25.1 Å². The lowest BCUT2D eigenvalue weighted by molar-refractivity contribution is 0.171. The van der Waals surface area contributed by atoms with Crippen LogP contribution in [-0.4, -0.2) is 13.2 Å². The maximum absolute atomic E-state index is 14.1. The quantitative estimate of drug-likeness (QED) is 0.673. The van der Waals surface area contributed by atoms with Gasteiger partial charge in [-0.3, -0.25) is 5.84 Å². The van der Waals surface area contributed by atoms with Crippen molar-refractivity contribution in [3.63, 3.8) is 0 Å². The van der Waals surface area contributed by atoms with Crippen molar-refractivity contribution in [1.82, 2.24) is 5.43 Å².